The molecular formula is C10H13IN2O3. The normalized spacial score (nSPS) is 10.0. The molecule has 1 aromatic rings. The lowest BCUT2D eigenvalue weighted by atomic mass is 10.1. The van der Waals surface area contributed by atoms with Crippen molar-refractivity contribution in [3.8, 4) is 5.75 Å². The van der Waals surface area contributed by atoms with Crippen LogP contribution in [0.25, 0.3) is 0 Å². The minimum absolute atomic E-state index is 0.0423. The number of hydrogen-bond acceptors (Lipinski definition) is 4. The van der Waals surface area contributed by atoms with Crippen molar-refractivity contribution in [2.24, 2.45) is 0 Å². The van der Waals surface area contributed by atoms with Crippen LogP contribution in [0, 0.1) is 3.70 Å². The standard InChI is InChI=1S/C10H13IN2O3/c1-12-10(15)6-5-8(16-2)9(11)13-7(6)3-4-14/h5,14H,3-4H2,1-2H3,(H,12,15). The van der Waals surface area contributed by atoms with Crippen LogP contribution >= 0.6 is 22.6 Å². The molecule has 0 saturated carbocycles. The molecule has 0 spiro atoms. The van der Waals surface area contributed by atoms with E-state index in [1.54, 1.807) is 13.1 Å². The van der Waals surface area contributed by atoms with Gasteiger partial charge in [0.1, 0.15) is 3.70 Å². The second kappa shape index (κ2) is 6.00. The Bertz CT molecular complexity index is 396. The number of aromatic nitrogens is 1. The molecule has 2 N–H and O–H groups in total. The fourth-order valence-electron chi connectivity index (χ4n) is 1.28. The molecule has 0 aliphatic carbocycles. The molecule has 16 heavy (non-hydrogen) atoms. The number of aliphatic hydroxyl groups is 1. The van der Waals surface area contributed by atoms with Gasteiger partial charge in [0.25, 0.3) is 5.91 Å². The molecule has 0 atom stereocenters. The lowest BCUT2D eigenvalue weighted by Crippen LogP contribution is -2.21. The minimum atomic E-state index is -0.231. The number of methoxy groups -OCH3 is 1. The van der Waals surface area contributed by atoms with Crippen LogP contribution in [-0.2, 0) is 6.42 Å². The van der Waals surface area contributed by atoms with E-state index >= 15 is 0 Å². The molecule has 0 unspecified atom stereocenters. The topological polar surface area (TPSA) is 71.5 Å². The SMILES string of the molecule is CNC(=O)c1cc(OC)c(I)nc1CCO. The summed E-state index contributed by atoms with van der Waals surface area (Å²) in [5, 5.41) is 11.4. The summed E-state index contributed by atoms with van der Waals surface area (Å²) in [4.78, 5) is 15.8. The van der Waals surface area contributed by atoms with Crippen molar-refractivity contribution in [1.29, 1.82) is 0 Å². The van der Waals surface area contributed by atoms with Gasteiger partial charge >= 0.3 is 0 Å². The van der Waals surface area contributed by atoms with Gasteiger partial charge in [0.15, 0.2) is 5.75 Å². The lowest BCUT2D eigenvalue weighted by molar-refractivity contribution is 0.0961. The lowest BCUT2D eigenvalue weighted by Gasteiger charge is -2.10. The highest BCUT2D eigenvalue weighted by Gasteiger charge is 2.15. The van der Waals surface area contributed by atoms with Crippen LogP contribution in [0.5, 0.6) is 5.75 Å². The first-order valence-electron chi connectivity index (χ1n) is 4.70. The van der Waals surface area contributed by atoms with Gasteiger partial charge in [0.2, 0.25) is 0 Å². The third kappa shape index (κ3) is 2.82. The van der Waals surface area contributed by atoms with E-state index in [2.05, 4.69) is 10.3 Å². The van der Waals surface area contributed by atoms with Crippen molar-refractivity contribution in [1.82, 2.24) is 10.3 Å². The first-order chi connectivity index (χ1) is 7.63. The highest BCUT2D eigenvalue weighted by molar-refractivity contribution is 14.1. The number of carbonyl (C=O) groups excluding carboxylic acids is 1. The predicted octanol–water partition coefficient (Wildman–Crippen LogP) is 0.589. The Balaban J connectivity index is 3.24. The Hall–Kier alpha value is -0.890. The van der Waals surface area contributed by atoms with Gasteiger partial charge in [-0.15, -0.1) is 0 Å². The zero-order chi connectivity index (χ0) is 12.1. The van der Waals surface area contributed by atoms with Gasteiger partial charge in [-0.25, -0.2) is 4.98 Å². The molecule has 88 valence electrons. The van der Waals surface area contributed by atoms with Crippen molar-refractivity contribution in [2.75, 3.05) is 20.8 Å². The summed E-state index contributed by atoms with van der Waals surface area (Å²) >= 11 is 2.03. The molecule has 1 amide bonds. The molecule has 0 radical (unpaired) electrons. The Labute approximate surface area is 107 Å². The molecule has 0 fully saturated rings. The number of pyridine rings is 1. The van der Waals surface area contributed by atoms with Crippen LogP contribution in [0.2, 0.25) is 0 Å². The minimum Gasteiger partial charge on any atom is -0.494 e. The smallest absolute Gasteiger partial charge is 0.253 e. The van der Waals surface area contributed by atoms with Crippen LogP contribution in [0.1, 0.15) is 16.1 Å². The molecule has 5 nitrogen and oxygen atoms in total. The van der Waals surface area contributed by atoms with Gasteiger partial charge < -0.3 is 15.2 Å². The Kier molecular flexibility index (Phi) is 4.94. The summed E-state index contributed by atoms with van der Waals surface area (Å²) in [6.07, 6.45) is 0.350. The largest absolute Gasteiger partial charge is 0.494 e. The number of amides is 1. The maximum atomic E-state index is 11.6. The molecule has 0 aliphatic rings. The van der Waals surface area contributed by atoms with Crippen molar-refractivity contribution in [2.45, 2.75) is 6.42 Å². The van der Waals surface area contributed by atoms with Crippen molar-refractivity contribution in [3.63, 3.8) is 0 Å². The third-order valence-electron chi connectivity index (χ3n) is 2.06. The van der Waals surface area contributed by atoms with E-state index in [4.69, 9.17) is 9.84 Å². The van der Waals surface area contributed by atoms with Gasteiger partial charge in [-0.3, -0.25) is 4.79 Å². The summed E-state index contributed by atoms with van der Waals surface area (Å²) in [7, 11) is 3.08. The number of halogens is 1. The maximum Gasteiger partial charge on any atom is 0.253 e. The second-order valence-corrected chi connectivity index (χ2v) is 4.05. The molecule has 6 heteroatoms. The van der Waals surface area contributed by atoms with Crippen LogP contribution < -0.4 is 10.1 Å². The fourth-order valence-corrected chi connectivity index (χ4v) is 1.95. The zero-order valence-electron chi connectivity index (χ0n) is 9.08. The van der Waals surface area contributed by atoms with E-state index in [0.29, 0.717) is 27.1 Å². The highest BCUT2D eigenvalue weighted by Crippen LogP contribution is 2.22. The van der Waals surface area contributed by atoms with Crippen molar-refractivity contribution >= 4 is 28.5 Å². The number of ether oxygens (including phenoxy) is 1. The Morgan fingerprint density at radius 1 is 1.69 bits per heavy atom. The van der Waals surface area contributed by atoms with E-state index in [1.165, 1.54) is 7.11 Å². The first kappa shape index (κ1) is 13.2. The first-order valence-corrected chi connectivity index (χ1v) is 5.78. The molecule has 1 rings (SSSR count). The summed E-state index contributed by atoms with van der Waals surface area (Å²) in [6, 6.07) is 1.64. The average Bonchev–Trinajstić information content (AvgIpc) is 2.29. The fraction of sp³-hybridized carbons (Fsp3) is 0.400. The van der Waals surface area contributed by atoms with Gasteiger partial charge in [-0.1, -0.05) is 0 Å². The Morgan fingerprint density at radius 2 is 2.38 bits per heavy atom. The summed E-state index contributed by atoms with van der Waals surface area (Å²) < 4.78 is 5.78. The van der Waals surface area contributed by atoms with Gasteiger partial charge in [0.05, 0.1) is 18.4 Å². The number of aliphatic hydroxyl groups excluding tert-OH is 1. The number of nitrogens with one attached hydrogen (secondary N) is 1. The number of hydrogen-bond donors (Lipinski definition) is 2. The van der Waals surface area contributed by atoms with E-state index in [0.717, 1.165) is 0 Å². The zero-order valence-corrected chi connectivity index (χ0v) is 11.2. The van der Waals surface area contributed by atoms with Crippen LogP contribution in [0.4, 0.5) is 0 Å². The van der Waals surface area contributed by atoms with Crippen LogP contribution in [-0.4, -0.2) is 36.8 Å². The number of nitrogens with zero attached hydrogens (tertiary/aromatic N) is 1. The Morgan fingerprint density at radius 3 is 2.88 bits per heavy atom. The molecule has 1 heterocycles. The third-order valence-corrected chi connectivity index (χ3v) is 2.84. The van der Waals surface area contributed by atoms with Crippen LogP contribution in [0.15, 0.2) is 6.07 Å². The molecule has 1 aromatic heterocycles. The van der Waals surface area contributed by atoms with E-state index < -0.39 is 0 Å². The second-order valence-electron chi connectivity index (χ2n) is 3.03. The van der Waals surface area contributed by atoms with E-state index in [1.807, 2.05) is 22.6 Å². The van der Waals surface area contributed by atoms with Gasteiger partial charge in [-0.05, 0) is 28.7 Å². The molecule has 0 bridgehead atoms. The summed E-state index contributed by atoms with van der Waals surface area (Å²) in [5.74, 6) is 0.325. The number of rotatable bonds is 4. The molecule has 0 aromatic carbocycles. The van der Waals surface area contributed by atoms with Crippen LogP contribution in [0.3, 0.4) is 0 Å². The summed E-state index contributed by atoms with van der Waals surface area (Å²) in [5.41, 5.74) is 1.01. The predicted molar refractivity (Wildman–Crippen MR) is 67.7 cm³/mol. The maximum absolute atomic E-state index is 11.6. The average molecular weight is 336 g/mol. The highest BCUT2D eigenvalue weighted by atomic mass is 127. The van der Waals surface area contributed by atoms with E-state index in [9.17, 15) is 4.79 Å². The summed E-state index contributed by atoms with van der Waals surface area (Å²) in [6.45, 7) is -0.0423. The quantitative estimate of drug-likeness (QED) is 0.624. The molecule has 0 saturated heterocycles. The molecular weight excluding hydrogens is 323 g/mol. The van der Waals surface area contributed by atoms with Crippen molar-refractivity contribution in [3.05, 3.63) is 21.0 Å². The van der Waals surface area contributed by atoms with Gasteiger partial charge in [-0.2, -0.15) is 0 Å². The molecule has 0 aliphatic heterocycles. The number of carbonyl (C=O) groups is 1. The monoisotopic (exact) mass is 336 g/mol. The van der Waals surface area contributed by atoms with Gasteiger partial charge in [0, 0.05) is 20.1 Å². The van der Waals surface area contributed by atoms with E-state index in [-0.39, 0.29) is 12.5 Å². The van der Waals surface area contributed by atoms with Crippen molar-refractivity contribution < 1.29 is 14.6 Å².